The maximum absolute atomic E-state index is 5.70. The van der Waals surface area contributed by atoms with E-state index in [1.54, 1.807) is 7.11 Å². The maximum atomic E-state index is 5.70. The molecule has 2 aromatic rings. The molecule has 0 aromatic heterocycles. The smallest absolute Gasteiger partial charge is 0.195 e. The molecule has 0 spiro atoms. The lowest BCUT2D eigenvalue weighted by Gasteiger charge is -2.36. The summed E-state index contributed by atoms with van der Waals surface area (Å²) in [4.78, 5) is 4.97. The van der Waals surface area contributed by atoms with Crippen LogP contribution in [0.4, 0.5) is 5.69 Å². The summed E-state index contributed by atoms with van der Waals surface area (Å²) in [5.74, 6) is 2.19. The van der Waals surface area contributed by atoms with E-state index in [2.05, 4.69) is 47.9 Å². The number of methoxy groups -OCH3 is 1. The summed E-state index contributed by atoms with van der Waals surface area (Å²) in [6.45, 7) is 7.62. The number of nitrogens with one attached hydrogen (secondary N) is 2. The molecule has 0 radical (unpaired) electrons. The Bertz CT molecular complexity index is 824. The second-order valence-electron chi connectivity index (χ2n) is 7.38. The van der Waals surface area contributed by atoms with Crippen LogP contribution in [0.5, 0.6) is 11.5 Å². The number of benzene rings is 2. The summed E-state index contributed by atoms with van der Waals surface area (Å²) in [6, 6.07) is 16.5. The first-order valence-electron chi connectivity index (χ1n) is 10.7. The molecule has 0 unspecified atom stereocenters. The largest absolute Gasteiger partial charge is 0.493 e. The van der Waals surface area contributed by atoms with Crippen LogP contribution < -0.4 is 20.1 Å². The molecule has 1 aliphatic rings. The lowest BCUT2D eigenvalue weighted by atomic mass is 9.74. The molecule has 1 fully saturated rings. The third-order valence-electron chi connectivity index (χ3n) is 5.45. The summed E-state index contributed by atoms with van der Waals surface area (Å²) in [7, 11) is 1.65. The minimum absolute atomic E-state index is 0. The lowest BCUT2D eigenvalue weighted by molar-refractivity contribution is 0.0531. The quantitative estimate of drug-likeness (QED) is 0.286. The van der Waals surface area contributed by atoms with Crippen molar-refractivity contribution in [3.8, 4) is 11.5 Å². The number of aliphatic imine (C=N–C) groups is 1. The third-order valence-corrected chi connectivity index (χ3v) is 5.45. The van der Waals surface area contributed by atoms with E-state index >= 15 is 0 Å². The van der Waals surface area contributed by atoms with Gasteiger partial charge in [0.2, 0.25) is 0 Å². The molecule has 1 aliphatic heterocycles. The highest BCUT2D eigenvalue weighted by Crippen LogP contribution is 2.35. The topological polar surface area (TPSA) is 64.1 Å². The van der Waals surface area contributed by atoms with Crippen LogP contribution >= 0.6 is 24.0 Å². The van der Waals surface area contributed by atoms with Crippen LogP contribution in [0.15, 0.2) is 53.5 Å². The molecule has 170 valence electrons. The average molecular weight is 539 g/mol. The Labute approximate surface area is 202 Å². The van der Waals surface area contributed by atoms with Crippen LogP contribution in [0.1, 0.15) is 32.3 Å². The first-order chi connectivity index (χ1) is 14.7. The summed E-state index contributed by atoms with van der Waals surface area (Å²) in [5.41, 5.74) is 2.23. The van der Waals surface area contributed by atoms with Gasteiger partial charge in [0.15, 0.2) is 17.5 Å². The van der Waals surface area contributed by atoms with Gasteiger partial charge in [-0.2, -0.15) is 0 Å². The molecule has 0 aliphatic carbocycles. The number of hydrogen-bond donors (Lipinski definition) is 2. The molecular formula is C24H34IN3O3. The lowest BCUT2D eigenvalue weighted by Crippen LogP contribution is -2.39. The maximum Gasteiger partial charge on any atom is 0.195 e. The SMILES string of the molecule is CCNC(=NCC1(c2ccccc2)CCOCC1)Nc1ccc(OC)c(OCC)c1.I. The van der Waals surface area contributed by atoms with Crippen molar-refractivity contribution in [3.05, 3.63) is 54.1 Å². The normalized spacial score (nSPS) is 15.5. The van der Waals surface area contributed by atoms with Crippen LogP contribution in [-0.2, 0) is 10.2 Å². The van der Waals surface area contributed by atoms with Crippen molar-refractivity contribution >= 4 is 35.6 Å². The van der Waals surface area contributed by atoms with Crippen molar-refractivity contribution in [2.75, 3.05) is 45.3 Å². The van der Waals surface area contributed by atoms with Crippen molar-refractivity contribution in [1.82, 2.24) is 5.32 Å². The predicted molar refractivity (Wildman–Crippen MR) is 137 cm³/mol. The van der Waals surface area contributed by atoms with Crippen LogP contribution in [0, 0.1) is 0 Å². The van der Waals surface area contributed by atoms with Crippen LogP contribution in [0.3, 0.4) is 0 Å². The van der Waals surface area contributed by atoms with Gasteiger partial charge in [0.25, 0.3) is 0 Å². The number of hydrogen-bond acceptors (Lipinski definition) is 4. The molecule has 0 saturated carbocycles. The van der Waals surface area contributed by atoms with Crippen molar-refractivity contribution in [3.63, 3.8) is 0 Å². The molecule has 1 saturated heterocycles. The van der Waals surface area contributed by atoms with Gasteiger partial charge in [-0.15, -0.1) is 24.0 Å². The van der Waals surface area contributed by atoms with E-state index < -0.39 is 0 Å². The number of anilines is 1. The van der Waals surface area contributed by atoms with Gasteiger partial charge in [-0.05, 0) is 44.4 Å². The van der Waals surface area contributed by atoms with Crippen LogP contribution in [0.25, 0.3) is 0 Å². The van der Waals surface area contributed by atoms with E-state index in [0.29, 0.717) is 18.9 Å². The Kier molecular flexibility index (Phi) is 10.4. The molecule has 0 atom stereocenters. The molecule has 3 rings (SSSR count). The number of halogens is 1. The second kappa shape index (κ2) is 12.8. The zero-order valence-electron chi connectivity index (χ0n) is 18.6. The first-order valence-corrected chi connectivity index (χ1v) is 10.7. The minimum Gasteiger partial charge on any atom is -0.493 e. The van der Waals surface area contributed by atoms with E-state index in [0.717, 1.165) is 50.0 Å². The Hall–Kier alpha value is -2.00. The minimum atomic E-state index is -0.00173. The molecule has 31 heavy (non-hydrogen) atoms. The Balaban J connectivity index is 0.00000341. The Morgan fingerprint density at radius 1 is 1.06 bits per heavy atom. The highest BCUT2D eigenvalue weighted by atomic mass is 127. The fourth-order valence-corrected chi connectivity index (χ4v) is 3.79. The summed E-state index contributed by atoms with van der Waals surface area (Å²) in [5, 5.41) is 6.77. The van der Waals surface area contributed by atoms with Crippen LogP contribution in [0.2, 0.25) is 0 Å². The third kappa shape index (κ3) is 6.74. The van der Waals surface area contributed by atoms with Crippen LogP contribution in [-0.4, -0.2) is 46.0 Å². The fraction of sp³-hybridized carbons (Fsp3) is 0.458. The summed E-state index contributed by atoms with van der Waals surface area (Å²) < 4.78 is 16.7. The number of nitrogens with zero attached hydrogens (tertiary/aromatic N) is 1. The van der Waals surface area contributed by atoms with Gasteiger partial charge in [-0.1, -0.05) is 30.3 Å². The predicted octanol–water partition coefficient (Wildman–Crippen LogP) is 4.84. The molecular weight excluding hydrogens is 505 g/mol. The number of rotatable bonds is 8. The van der Waals surface area contributed by atoms with Gasteiger partial charge in [-0.25, -0.2) is 0 Å². The second-order valence-corrected chi connectivity index (χ2v) is 7.38. The zero-order chi connectivity index (χ0) is 21.2. The van der Waals surface area contributed by atoms with E-state index in [-0.39, 0.29) is 29.4 Å². The van der Waals surface area contributed by atoms with E-state index in [1.807, 2.05) is 25.1 Å². The van der Waals surface area contributed by atoms with E-state index in [4.69, 9.17) is 19.2 Å². The highest BCUT2D eigenvalue weighted by molar-refractivity contribution is 14.0. The molecule has 6 nitrogen and oxygen atoms in total. The van der Waals surface area contributed by atoms with Gasteiger partial charge < -0.3 is 24.8 Å². The van der Waals surface area contributed by atoms with Crippen molar-refractivity contribution in [2.45, 2.75) is 32.1 Å². The van der Waals surface area contributed by atoms with Gasteiger partial charge in [-0.3, -0.25) is 4.99 Å². The number of ether oxygens (including phenoxy) is 3. The molecule has 2 aromatic carbocycles. The first kappa shape index (κ1) is 25.3. The Morgan fingerprint density at radius 2 is 1.81 bits per heavy atom. The van der Waals surface area contributed by atoms with Crippen molar-refractivity contribution in [1.29, 1.82) is 0 Å². The van der Waals surface area contributed by atoms with Gasteiger partial charge in [0.1, 0.15) is 0 Å². The van der Waals surface area contributed by atoms with Crippen molar-refractivity contribution < 1.29 is 14.2 Å². The zero-order valence-corrected chi connectivity index (χ0v) is 21.0. The van der Waals surface area contributed by atoms with Gasteiger partial charge in [0, 0.05) is 36.9 Å². The molecule has 1 heterocycles. The number of guanidine groups is 1. The molecule has 0 bridgehead atoms. The fourth-order valence-electron chi connectivity index (χ4n) is 3.79. The van der Waals surface area contributed by atoms with Crippen molar-refractivity contribution in [2.24, 2.45) is 4.99 Å². The molecule has 0 amide bonds. The summed E-state index contributed by atoms with van der Waals surface area (Å²) >= 11 is 0. The Morgan fingerprint density at radius 3 is 2.45 bits per heavy atom. The average Bonchev–Trinajstić information content (AvgIpc) is 2.79. The van der Waals surface area contributed by atoms with Gasteiger partial charge in [0.05, 0.1) is 20.3 Å². The van der Waals surface area contributed by atoms with E-state index in [1.165, 1.54) is 5.56 Å². The molecule has 7 heteroatoms. The molecule has 2 N–H and O–H groups in total. The highest BCUT2D eigenvalue weighted by Gasteiger charge is 2.34. The standard InChI is InChI=1S/C24H33N3O3.HI/c1-4-25-23(27-20-11-12-21(28-3)22(17-20)30-5-2)26-18-24(13-15-29-16-14-24)19-9-7-6-8-10-19;/h6-12,17H,4-5,13-16,18H2,1-3H3,(H2,25,26,27);1H. The monoisotopic (exact) mass is 539 g/mol. The summed E-state index contributed by atoms with van der Waals surface area (Å²) in [6.07, 6.45) is 1.94. The van der Waals surface area contributed by atoms with E-state index in [9.17, 15) is 0 Å². The van der Waals surface area contributed by atoms with Gasteiger partial charge >= 0.3 is 0 Å².